The lowest BCUT2D eigenvalue weighted by atomic mass is 10.0. The first kappa shape index (κ1) is 26.7. The summed E-state index contributed by atoms with van der Waals surface area (Å²) in [4.78, 5) is 35.3. The molecule has 3 aromatic rings. The average Bonchev–Trinajstić information content (AvgIpc) is 3.70. The van der Waals surface area contributed by atoms with Crippen LogP contribution in [0.5, 0.6) is 0 Å². The zero-order chi connectivity index (χ0) is 27.6. The molecule has 6 rings (SSSR count). The number of rotatable bonds is 9. The van der Waals surface area contributed by atoms with Crippen molar-refractivity contribution in [3.63, 3.8) is 0 Å². The molecule has 3 N–H and O–H groups in total. The number of nitrogens with one attached hydrogen (secondary N) is 3. The topological polar surface area (TPSA) is 117 Å². The summed E-state index contributed by atoms with van der Waals surface area (Å²) in [5.74, 6) is 0.879. The summed E-state index contributed by atoms with van der Waals surface area (Å²) in [5.41, 5.74) is 5.00. The number of aryl methyl sites for hydroxylation is 1. The molecule has 10 nitrogen and oxygen atoms in total. The number of piperidine rings is 2. The van der Waals surface area contributed by atoms with Gasteiger partial charge in [0.2, 0.25) is 17.8 Å². The summed E-state index contributed by atoms with van der Waals surface area (Å²) in [5, 5.41) is 14.2. The molecular weight excluding hydrogens is 528 g/mol. The molecule has 2 amide bonds. The Morgan fingerprint density at radius 3 is 2.67 bits per heavy atom. The maximum atomic E-state index is 12.1. The van der Waals surface area contributed by atoms with Crippen LogP contribution in [-0.4, -0.2) is 61.6 Å². The quantitative estimate of drug-likeness (QED) is 0.337. The van der Waals surface area contributed by atoms with Gasteiger partial charge in [-0.3, -0.25) is 24.5 Å². The molecular formula is C29H35ClN8O2. The van der Waals surface area contributed by atoms with E-state index >= 15 is 0 Å². The first-order chi connectivity index (χ1) is 19.4. The predicted octanol–water partition coefficient (Wildman–Crippen LogP) is 3.78. The second kappa shape index (κ2) is 11.5. The monoisotopic (exact) mass is 562 g/mol. The number of likely N-dealkylation sites (tertiary alicyclic amines) is 1. The second-order valence-electron chi connectivity index (χ2n) is 11.2. The van der Waals surface area contributed by atoms with E-state index < -0.39 is 0 Å². The number of aromatic nitrogens is 4. The number of nitrogens with zero attached hydrogens (tertiary/aromatic N) is 5. The van der Waals surface area contributed by atoms with Crippen molar-refractivity contribution in [2.75, 3.05) is 23.7 Å². The number of hydrogen-bond donors (Lipinski definition) is 3. The third-order valence-electron chi connectivity index (χ3n) is 8.07. The van der Waals surface area contributed by atoms with Gasteiger partial charge in [0.15, 0.2) is 0 Å². The molecule has 0 radical (unpaired) electrons. The number of imide groups is 1. The third kappa shape index (κ3) is 6.28. The number of hydrogen-bond acceptors (Lipinski definition) is 8. The molecule has 1 aromatic carbocycles. The van der Waals surface area contributed by atoms with Gasteiger partial charge in [0, 0.05) is 56.1 Å². The maximum absolute atomic E-state index is 12.1. The largest absolute Gasteiger partial charge is 0.374 e. The molecule has 210 valence electrons. The number of carbonyl (C=O) groups excluding carboxylic acids is 2. The minimum Gasteiger partial charge on any atom is -0.374 e. The molecule has 11 heteroatoms. The van der Waals surface area contributed by atoms with Gasteiger partial charge in [0.25, 0.3) is 0 Å². The first-order valence-electron chi connectivity index (χ1n) is 14.1. The fraction of sp³-hybridized carbons (Fsp3) is 0.483. The van der Waals surface area contributed by atoms with Gasteiger partial charge in [0.1, 0.15) is 6.04 Å². The lowest BCUT2D eigenvalue weighted by molar-refractivity contribution is -0.133. The summed E-state index contributed by atoms with van der Waals surface area (Å²) in [6, 6.07) is 8.07. The molecule has 40 heavy (non-hydrogen) atoms. The smallest absolute Gasteiger partial charge is 0.249 e. The Bertz CT molecular complexity index is 1400. The highest BCUT2D eigenvalue weighted by Crippen LogP contribution is 2.37. The van der Waals surface area contributed by atoms with Gasteiger partial charge >= 0.3 is 0 Å². The van der Waals surface area contributed by atoms with Crippen molar-refractivity contribution in [1.82, 2.24) is 30.0 Å². The third-order valence-corrected chi connectivity index (χ3v) is 8.35. The van der Waals surface area contributed by atoms with Crippen molar-refractivity contribution in [2.45, 2.75) is 63.6 Å². The van der Waals surface area contributed by atoms with Crippen LogP contribution in [0.2, 0.25) is 5.02 Å². The molecule has 3 fully saturated rings. The normalized spacial score (nSPS) is 20.4. The fourth-order valence-electron chi connectivity index (χ4n) is 5.59. The van der Waals surface area contributed by atoms with Gasteiger partial charge < -0.3 is 10.6 Å². The maximum Gasteiger partial charge on any atom is 0.249 e. The minimum atomic E-state index is -0.381. The average molecular weight is 563 g/mol. The summed E-state index contributed by atoms with van der Waals surface area (Å²) in [7, 11) is 1.98. The molecule has 2 aromatic heterocycles. The van der Waals surface area contributed by atoms with E-state index in [0.29, 0.717) is 23.8 Å². The Morgan fingerprint density at radius 2 is 1.90 bits per heavy atom. The van der Waals surface area contributed by atoms with Gasteiger partial charge in [0.05, 0.1) is 23.1 Å². The first-order valence-corrected chi connectivity index (χ1v) is 14.5. The molecule has 1 saturated carbocycles. The number of halogens is 1. The number of carbonyl (C=O) groups is 2. The van der Waals surface area contributed by atoms with E-state index in [-0.39, 0.29) is 23.9 Å². The Hall–Kier alpha value is -3.50. The Kier molecular flexibility index (Phi) is 7.71. The molecule has 1 atom stereocenters. The van der Waals surface area contributed by atoms with E-state index in [2.05, 4.69) is 43.1 Å². The lowest BCUT2D eigenvalue weighted by Gasteiger charge is -2.32. The lowest BCUT2D eigenvalue weighted by Crippen LogP contribution is -2.47. The van der Waals surface area contributed by atoms with E-state index in [4.69, 9.17) is 16.6 Å². The highest BCUT2D eigenvalue weighted by atomic mass is 35.5. The Balaban J connectivity index is 1.04. The van der Waals surface area contributed by atoms with E-state index in [9.17, 15) is 9.59 Å². The van der Waals surface area contributed by atoms with Gasteiger partial charge in [-0.1, -0.05) is 23.7 Å². The van der Waals surface area contributed by atoms with Gasteiger partial charge in [-0.05, 0) is 62.1 Å². The SMILES string of the molecule is Cn1ncc(-c2nc(NC3CCN(Cc4cccc(NC5CCC(=O)NC5=O)c4)CC3)ncc2Cl)c1CC1CC1. The highest BCUT2D eigenvalue weighted by Gasteiger charge is 2.28. The molecule has 4 heterocycles. The van der Waals surface area contributed by atoms with Crippen molar-refractivity contribution in [3.8, 4) is 11.3 Å². The van der Waals surface area contributed by atoms with Gasteiger partial charge in [-0.25, -0.2) is 9.97 Å². The van der Waals surface area contributed by atoms with Crippen molar-refractivity contribution < 1.29 is 9.59 Å². The summed E-state index contributed by atoms with van der Waals surface area (Å²) >= 11 is 6.55. The summed E-state index contributed by atoms with van der Waals surface area (Å²) < 4.78 is 1.94. The Morgan fingerprint density at radius 1 is 1.07 bits per heavy atom. The zero-order valence-corrected chi connectivity index (χ0v) is 23.5. The predicted molar refractivity (Wildman–Crippen MR) is 154 cm³/mol. The van der Waals surface area contributed by atoms with Crippen molar-refractivity contribution >= 4 is 35.1 Å². The Labute approximate surface area is 238 Å². The highest BCUT2D eigenvalue weighted by molar-refractivity contribution is 6.33. The van der Waals surface area contributed by atoms with Crippen LogP contribution in [0.4, 0.5) is 11.6 Å². The summed E-state index contributed by atoms with van der Waals surface area (Å²) in [6.45, 7) is 2.75. The molecule has 0 spiro atoms. The molecule has 1 unspecified atom stereocenters. The standard InChI is InChI=1S/C29H35ClN8O2/c1-37-25(14-18-5-6-18)22(15-32-37)27-23(30)16-31-29(36-27)34-20-9-11-38(12-10-20)17-19-3-2-4-21(13-19)33-24-7-8-26(39)35-28(24)40/h2-4,13,15-16,18,20,24,33H,5-12,14,17H2,1H3,(H,31,34,36)(H,35,39,40). The van der Waals surface area contributed by atoms with Crippen LogP contribution < -0.4 is 16.0 Å². The summed E-state index contributed by atoms with van der Waals surface area (Å²) in [6.07, 6.45) is 9.94. The van der Waals surface area contributed by atoms with Crippen LogP contribution in [0.1, 0.15) is 49.8 Å². The number of amides is 2. The molecule has 0 bridgehead atoms. The zero-order valence-electron chi connectivity index (χ0n) is 22.7. The minimum absolute atomic E-state index is 0.204. The van der Waals surface area contributed by atoms with E-state index in [1.54, 1.807) is 6.20 Å². The second-order valence-corrected chi connectivity index (χ2v) is 11.6. The van der Waals surface area contributed by atoms with Crippen LogP contribution in [0, 0.1) is 5.92 Å². The van der Waals surface area contributed by atoms with E-state index in [0.717, 1.165) is 61.8 Å². The molecule has 3 aliphatic rings. The number of benzene rings is 1. The van der Waals surface area contributed by atoms with Gasteiger partial charge in [-0.15, -0.1) is 0 Å². The van der Waals surface area contributed by atoms with E-state index in [1.807, 2.05) is 30.1 Å². The van der Waals surface area contributed by atoms with E-state index in [1.165, 1.54) is 24.1 Å². The molecule has 1 aliphatic carbocycles. The van der Waals surface area contributed by atoms with Crippen LogP contribution in [0.25, 0.3) is 11.3 Å². The van der Waals surface area contributed by atoms with Gasteiger partial charge in [-0.2, -0.15) is 5.10 Å². The van der Waals surface area contributed by atoms with Crippen molar-refractivity contribution in [1.29, 1.82) is 0 Å². The number of anilines is 2. The fourth-order valence-corrected chi connectivity index (χ4v) is 5.78. The van der Waals surface area contributed by atoms with Crippen LogP contribution in [0.15, 0.2) is 36.7 Å². The van der Waals surface area contributed by atoms with Crippen LogP contribution in [0.3, 0.4) is 0 Å². The van der Waals surface area contributed by atoms with Crippen LogP contribution >= 0.6 is 11.6 Å². The van der Waals surface area contributed by atoms with Crippen LogP contribution in [-0.2, 0) is 29.6 Å². The van der Waals surface area contributed by atoms with Crippen molar-refractivity contribution in [3.05, 3.63) is 52.9 Å². The molecule has 2 saturated heterocycles. The van der Waals surface area contributed by atoms with Crippen molar-refractivity contribution in [2.24, 2.45) is 13.0 Å². The molecule has 2 aliphatic heterocycles.